The molecule has 0 aliphatic heterocycles. The van der Waals surface area contributed by atoms with Crippen LogP contribution in [-0.2, 0) is 0 Å². The normalized spacial score (nSPS) is 26.4. The summed E-state index contributed by atoms with van der Waals surface area (Å²) in [5.41, 5.74) is 1.21. The van der Waals surface area contributed by atoms with Crippen molar-refractivity contribution in [1.29, 1.82) is 0 Å². The Kier molecular flexibility index (Phi) is 4.08. The lowest BCUT2D eigenvalue weighted by atomic mass is 10.0. The monoisotopic (exact) mass is 253 g/mol. The Morgan fingerprint density at radius 3 is 2.76 bits per heavy atom. The lowest BCUT2D eigenvalue weighted by Gasteiger charge is -2.33. The fourth-order valence-corrected chi connectivity index (χ4v) is 2.88. The molecule has 0 spiro atoms. The molecule has 1 fully saturated rings. The summed E-state index contributed by atoms with van der Waals surface area (Å²) >= 11 is 6.01. The van der Waals surface area contributed by atoms with Gasteiger partial charge in [0.25, 0.3) is 0 Å². The summed E-state index contributed by atoms with van der Waals surface area (Å²) in [5, 5.41) is 10.7. The predicted molar refractivity (Wildman–Crippen MR) is 71.3 cm³/mol. The smallest absolute Gasteiger partial charge is 0.0695 e. The summed E-state index contributed by atoms with van der Waals surface area (Å²) < 4.78 is 0. The summed E-state index contributed by atoms with van der Waals surface area (Å²) in [6, 6.07) is 8.53. The Bertz CT molecular complexity index is 382. The second-order valence-electron chi connectivity index (χ2n) is 4.96. The van der Waals surface area contributed by atoms with Crippen LogP contribution in [0.1, 0.15) is 37.8 Å². The Labute approximate surface area is 108 Å². The molecule has 0 heterocycles. The van der Waals surface area contributed by atoms with Crippen molar-refractivity contribution >= 4 is 11.6 Å². The van der Waals surface area contributed by atoms with Crippen LogP contribution in [0.3, 0.4) is 0 Å². The average Bonchev–Trinajstić information content (AvgIpc) is 2.73. The van der Waals surface area contributed by atoms with Gasteiger partial charge in [-0.05, 0) is 50.9 Å². The first kappa shape index (κ1) is 12.9. The van der Waals surface area contributed by atoms with E-state index in [1.165, 1.54) is 5.56 Å². The molecule has 3 heteroatoms. The highest BCUT2D eigenvalue weighted by Crippen LogP contribution is 2.30. The number of hydrogen-bond acceptors (Lipinski definition) is 2. The number of halogens is 1. The van der Waals surface area contributed by atoms with Gasteiger partial charge in [-0.3, -0.25) is 4.90 Å². The van der Waals surface area contributed by atoms with Gasteiger partial charge in [0.05, 0.1) is 6.10 Å². The van der Waals surface area contributed by atoms with Crippen LogP contribution in [0.25, 0.3) is 0 Å². The van der Waals surface area contributed by atoms with Crippen LogP contribution in [0, 0.1) is 0 Å². The molecule has 1 N–H and O–H groups in total. The molecule has 2 rings (SSSR count). The van der Waals surface area contributed by atoms with E-state index in [1.807, 2.05) is 18.2 Å². The molecule has 2 nitrogen and oxygen atoms in total. The third-order valence-corrected chi connectivity index (χ3v) is 4.14. The molecule has 1 aliphatic carbocycles. The molecule has 3 atom stereocenters. The zero-order chi connectivity index (χ0) is 12.4. The quantitative estimate of drug-likeness (QED) is 0.894. The molecule has 0 aromatic heterocycles. The van der Waals surface area contributed by atoms with Crippen molar-refractivity contribution in [3.63, 3.8) is 0 Å². The Morgan fingerprint density at radius 1 is 1.41 bits per heavy atom. The Morgan fingerprint density at radius 2 is 2.18 bits per heavy atom. The molecule has 1 aromatic carbocycles. The van der Waals surface area contributed by atoms with Gasteiger partial charge in [-0.25, -0.2) is 0 Å². The molecule has 0 radical (unpaired) electrons. The lowest BCUT2D eigenvalue weighted by molar-refractivity contribution is 0.0655. The zero-order valence-corrected chi connectivity index (χ0v) is 11.2. The standard InChI is InChI=1S/C14H20ClNO/c1-10(11-5-3-6-12(15)9-11)16(2)13-7-4-8-14(13)17/h3,5-6,9-10,13-14,17H,4,7-8H2,1-2H3. The molecule has 0 saturated heterocycles. The Balaban J connectivity index is 2.11. The average molecular weight is 254 g/mol. The van der Waals surface area contributed by atoms with E-state index in [0.29, 0.717) is 0 Å². The van der Waals surface area contributed by atoms with E-state index in [4.69, 9.17) is 11.6 Å². The van der Waals surface area contributed by atoms with Crippen LogP contribution in [0.2, 0.25) is 5.02 Å². The van der Waals surface area contributed by atoms with Gasteiger partial charge in [-0.1, -0.05) is 23.7 Å². The minimum absolute atomic E-state index is 0.179. The highest BCUT2D eigenvalue weighted by Gasteiger charge is 2.31. The second kappa shape index (κ2) is 5.38. The molecule has 1 aromatic rings. The van der Waals surface area contributed by atoms with Gasteiger partial charge in [0.2, 0.25) is 0 Å². The first-order valence-corrected chi connectivity index (χ1v) is 6.63. The largest absolute Gasteiger partial charge is 0.391 e. The topological polar surface area (TPSA) is 23.5 Å². The van der Waals surface area contributed by atoms with E-state index in [1.54, 1.807) is 0 Å². The summed E-state index contributed by atoms with van der Waals surface area (Å²) in [4.78, 5) is 2.27. The van der Waals surface area contributed by atoms with Gasteiger partial charge >= 0.3 is 0 Å². The number of aliphatic hydroxyl groups is 1. The first-order valence-electron chi connectivity index (χ1n) is 6.25. The molecule has 0 amide bonds. The molecule has 1 aliphatic rings. The molecular formula is C14H20ClNO. The van der Waals surface area contributed by atoms with E-state index in [9.17, 15) is 5.11 Å². The van der Waals surface area contributed by atoms with Gasteiger partial charge in [0, 0.05) is 17.1 Å². The highest BCUT2D eigenvalue weighted by atomic mass is 35.5. The fourth-order valence-electron chi connectivity index (χ4n) is 2.68. The van der Waals surface area contributed by atoms with Crippen molar-refractivity contribution < 1.29 is 5.11 Å². The number of aliphatic hydroxyl groups excluding tert-OH is 1. The van der Waals surface area contributed by atoms with Crippen molar-refractivity contribution in [3.8, 4) is 0 Å². The maximum absolute atomic E-state index is 9.94. The third kappa shape index (κ3) is 2.82. The zero-order valence-electron chi connectivity index (χ0n) is 10.4. The van der Waals surface area contributed by atoms with Crippen LogP contribution >= 0.6 is 11.6 Å². The van der Waals surface area contributed by atoms with Crippen LogP contribution in [-0.4, -0.2) is 29.2 Å². The van der Waals surface area contributed by atoms with Gasteiger partial charge in [0.1, 0.15) is 0 Å². The summed E-state index contributed by atoms with van der Waals surface area (Å²) in [7, 11) is 2.09. The van der Waals surface area contributed by atoms with E-state index < -0.39 is 0 Å². The number of rotatable bonds is 3. The van der Waals surface area contributed by atoms with Gasteiger partial charge in [0.15, 0.2) is 0 Å². The predicted octanol–water partition coefficient (Wildman–Crippen LogP) is 3.25. The lowest BCUT2D eigenvalue weighted by Crippen LogP contribution is -2.39. The summed E-state index contributed by atoms with van der Waals surface area (Å²) in [5.74, 6) is 0. The second-order valence-corrected chi connectivity index (χ2v) is 5.40. The molecule has 17 heavy (non-hydrogen) atoms. The van der Waals surface area contributed by atoms with Crippen molar-refractivity contribution in [3.05, 3.63) is 34.9 Å². The molecule has 0 bridgehead atoms. The van der Waals surface area contributed by atoms with Crippen molar-refractivity contribution in [2.75, 3.05) is 7.05 Å². The molecule has 94 valence electrons. The van der Waals surface area contributed by atoms with Crippen LogP contribution in [0.4, 0.5) is 0 Å². The molecule has 1 saturated carbocycles. The van der Waals surface area contributed by atoms with Gasteiger partial charge < -0.3 is 5.11 Å². The van der Waals surface area contributed by atoms with Crippen LogP contribution < -0.4 is 0 Å². The number of nitrogens with zero attached hydrogens (tertiary/aromatic N) is 1. The van der Waals surface area contributed by atoms with E-state index >= 15 is 0 Å². The van der Waals surface area contributed by atoms with Gasteiger partial charge in [-0.15, -0.1) is 0 Å². The maximum atomic E-state index is 9.94. The summed E-state index contributed by atoms with van der Waals surface area (Å²) in [6.45, 7) is 2.16. The summed E-state index contributed by atoms with van der Waals surface area (Å²) in [6.07, 6.45) is 2.96. The number of benzene rings is 1. The van der Waals surface area contributed by atoms with Crippen molar-refractivity contribution in [2.24, 2.45) is 0 Å². The van der Waals surface area contributed by atoms with Crippen LogP contribution in [0.15, 0.2) is 24.3 Å². The minimum Gasteiger partial charge on any atom is -0.391 e. The molecular weight excluding hydrogens is 234 g/mol. The SMILES string of the molecule is CC(c1cccc(Cl)c1)N(C)C1CCCC1O. The number of hydrogen-bond donors (Lipinski definition) is 1. The van der Waals surface area contributed by atoms with Crippen molar-refractivity contribution in [2.45, 2.75) is 44.4 Å². The number of likely N-dealkylation sites (N-methyl/N-ethyl adjacent to an activating group) is 1. The Hall–Kier alpha value is -0.570. The van der Waals surface area contributed by atoms with E-state index in [2.05, 4.69) is 24.9 Å². The fraction of sp³-hybridized carbons (Fsp3) is 0.571. The molecule has 3 unspecified atom stereocenters. The first-order chi connectivity index (χ1) is 8.09. The van der Waals surface area contributed by atoms with E-state index in [-0.39, 0.29) is 18.2 Å². The van der Waals surface area contributed by atoms with Gasteiger partial charge in [-0.2, -0.15) is 0 Å². The van der Waals surface area contributed by atoms with Crippen molar-refractivity contribution in [1.82, 2.24) is 4.90 Å². The van der Waals surface area contributed by atoms with Crippen LogP contribution in [0.5, 0.6) is 0 Å². The third-order valence-electron chi connectivity index (χ3n) is 3.91. The maximum Gasteiger partial charge on any atom is 0.0695 e. The van der Waals surface area contributed by atoms with E-state index in [0.717, 1.165) is 24.3 Å². The minimum atomic E-state index is -0.179. The highest BCUT2D eigenvalue weighted by molar-refractivity contribution is 6.30.